The van der Waals surface area contributed by atoms with Crippen LogP contribution in [0, 0.1) is 13.8 Å². The highest BCUT2D eigenvalue weighted by Gasteiger charge is 2.17. The quantitative estimate of drug-likeness (QED) is 0.115. The first-order valence-corrected chi connectivity index (χ1v) is 15.7. The van der Waals surface area contributed by atoms with E-state index >= 15 is 0 Å². The fourth-order valence-electron chi connectivity index (χ4n) is 4.33. The zero-order valence-corrected chi connectivity index (χ0v) is 25.8. The number of nitrogens with one attached hydrogen (secondary N) is 2. The van der Waals surface area contributed by atoms with E-state index in [2.05, 4.69) is 52.8 Å². The Morgan fingerprint density at radius 1 is 0.767 bits per heavy atom. The molecule has 43 heavy (non-hydrogen) atoms. The van der Waals surface area contributed by atoms with E-state index in [-0.39, 0.29) is 5.56 Å². The van der Waals surface area contributed by atoms with Gasteiger partial charge in [-0.15, -0.1) is 0 Å². The van der Waals surface area contributed by atoms with Crippen molar-refractivity contribution in [2.24, 2.45) is 0 Å². The lowest BCUT2D eigenvalue weighted by Gasteiger charge is -2.16. The molecule has 8 heteroatoms. The van der Waals surface area contributed by atoms with Crippen LogP contribution in [0.15, 0.2) is 125 Å². The van der Waals surface area contributed by atoms with E-state index in [1.54, 1.807) is 42.3 Å². The van der Waals surface area contributed by atoms with Gasteiger partial charge in [-0.05, 0) is 104 Å². The van der Waals surface area contributed by atoms with Crippen LogP contribution in [0.2, 0.25) is 0 Å². The summed E-state index contributed by atoms with van der Waals surface area (Å²) in [5.74, 6) is 0.510. The molecule has 0 spiro atoms. The van der Waals surface area contributed by atoms with Gasteiger partial charge in [-0.3, -0.25) is 0 Å². The minimum absolute atomic E-state index is 0.220. The maximum Gasteiger partial charge on any atom is 0.340 e. The Bertz CT molecular complexity index is 1720. The van der Waals surface area contributed by atoms with Crippen LogP contribution in [-0.2, 0) is 22.1 Å². The number of hydrogen-bond acceptors (Lipinski definition) is 6. The molecule has 0 fully saturated rings. The molecule has 0 amide bonds. The SMILES string of the molecule is COC(=O)c1cc(Oc2ccc(NSc3ccc(C)cc3)c(Cc3ccccc3)c2)ccc1NS(=O)c1ccc(C)cc1. The fraction of sp³-hybridized carbons (Fsp3) is 0.114. The number of rotatable bonds is 11. The Morgan fingerprint density at radius 3 is 2.07 bits per heavy atom. The Hall–Kier alpha value is -4.53. The number of carbonyl (C=O) groups excluding carboxylic acids is 1. The first-order chi connectivity index (χ1) is 20.9. The van der Waals surface area contributed by atoms with Gasteiger partial charge >= 0.3 is 5.97 Å². The first kappa shape index (κ1) is 29.9. The van der Waals surface area contributed by atoms with E-state index in [0.717, 1.165) is 21.7 Å². The maximum absolute atomic E-state index is 13.0. The summed E-state index contributed by atoms with van der Waals surface area (Å²) in [6.45, 7) is 4.04. The number of ether oxygens (including phenoxy) is 2. The summed E-state index contributed by atoms with van der Waals surface area (Å²) in [6, 6.07) is 36.9. The van der Waals surface area contributed by atoms with Crippen LogP contribution in [-0.4, -0.2) is 17.3 Å². The van der Waals surface area contributed by atoms with Crippen LogP contribution in [0.5, 0.6) is 11.5 Å². The molecule has 0 aromatic heterocycles. The van der Waals surface area contributed by atoms with Gasteiger partial charge in [-0.1, -0.05) is 65.7 Å². The molecule has 2 N–H and O–H groups in total. The third kappa shape index (κ3) is 8.06. The molecule has 0 saturated carbocycles. The summed E-state index contributed by atoms with van der Waals surface area (Å²) < 4.78 is 30.6. The number of methoxy groups -OCH3 is 1. The summed E-state index contributed by atoms with van der Waals surface area (Å²) in [7, 11) is -0.254. The molecule has 0 aliphatic rings. The van der Waals surface area contributed by atoms with Crippen molar-refractivity contribution >= 4 is 40.3 Å². The summed E-state index contributed by atoms with van der Waals surface area (Å²) in [5.41, 5.74) is 6.10. The van der Waals surface area contributed by atoms with Crippen molar-refractivity contribution in [2.75, 3.05) is 16.6 Å². The second-order valence-corrected chi connectivity index (χ2v) is 12.1. The monoisotopic (exact) mass is 608 g/mol. The molecule has 5 aromatic rings. The van der Waals surface area contributed by atoms with Crippen molar-refractivity contribution in [3.8, 4) is 11.5 Å². The lowest BCUT2D eigenvalue weighted by atomic mass is 10.0. The van der Waals surface area contributed by atoms with Gasteiger partial charge in [0.2, 0.25) is 0 Å². The number of hydrogen-bond donors (Lipinski definition) is 2. The topological polar surface area (TPSA) is 76.7 Å². The van der Waals surface area contributed by atoms with Crippen LogP contribution in [0.3, 0.4) is 0 Å². The molecular weight excluding hydrogens is 577 g/mol. The second-order valence-electron chi connectivity index (χ2n) is 9.98. The summed E-state index contributed by atoms with van der Waals surface area (Å²) in [6.07, 6.45) is 0.704. The minimum atomic E-state index is -1.57. The minimum Gasteiger partial charge on any atom is -0.465 e. The van der Waals surface area contributed by atoms with Gasteiger partial charge < -0.3 is 18.9 Å². The maximum atomic E-state index is 13.0. The van der Waals surface area contributed by atoms with E-state index < -0.39 is 17.0 Å². The molecule has 0 saturated heterocycles. The lowest BCUT2D eigenvalue weighted by Crippen LogP contribution is -2.11. The van der Waals surface area contributed by atoms with E-state index in [0.29, 0.717) is 28.5 Å². The fourth-order valence-corrected chi connectivity index (χ4v) is 5.90. The molecule has 1 atom stereocenters. The van der Waals surface area contributed by atoms with Crippen molar-refractivity contribution < 1.29 is 18.5 Å². The van der Waals surface area contributed by atoms with Crippen LogP contribution in [0.1, 0.15) is 32.6 Å². The number of aryl methyl sites for hydroxylation is 2. The van der Waals surface area contributed by atoms with Crippen molar-refractivity contribution in [1.82, 2.24) is 0 Å². The van der Waals surface area contributed by atoms with Gasteiger partial charge in [0.25, 0.3) is 0 Å². The zero-order chi connectivity index (χ0) is 30.2. The molecule has 0 heterocycles. The average molecular weight is 609 g/mol. The van der Waals surface area contributed by atoms with Gasteiger partial charge in [0.1, 0.15) is 22.5 Å². The van der Waals surface area contributed by atoms with Crippen molar-refractivity contribution in [2.45, 2.75) is 30.1 Å². The molecule has 0 aliphatic heterocycles. The van der Waals surface area contributed by atoms with Crippen LogP contribution < -0.4 is 14.2 Å². The van der Waals surface area contributed by atoms with Gasteiger partial charge in [0.05, 0.1) is 23.3 Å². The number of carbonyl (C=O) groups is 1. The van der Waals surface area contributed by atoms with E-state index in [9.17, 15) is 9.00 Å². The predicted octanol–water partition coefficient (Wildman–Crippen LogP) is 8.73. The van der Waals surface area contributed by atoms with Gasteiger partial charge in [-0.25, -0.2) is 9.00 Å². The molecule has 6 nitrogen and oxygen atoms in total. The van der Waals surface area contributed by atoms with Gasteiger partial charge in [0.15, 0.2) is 0 Å². The van der Waals surface area contributed by atoms with Gasteiger partial charge in [0, 0.05) is 10.6 Å². The standard InChI is InChI=1S/C35H32N2O4S2/c1-24-9-15-30(16-10-24)42-36-33-19-13-28(22-27(33)21-26-7-5-4-6-8-26)41-29-14-20-34(32(23-29)35(38)40-3)37-43(39)31-17-11-25(2)12-18-31/h4-20,22-23,36-37H,21H2,1-3H3. The van der Waals surface area contributed by atoms with Crippen molar-refractivity contribution in [1.29, 1.82) is 0 Å². The third-order valence-electron chi connectivity index (χ3n) is 6.68. The summed E-state index contributed by atoms with van der Waals surface area (Å²) in [5, 5.41) is 0. The molecule has 5 rings (SSSR count). The highest BCUT2D eigenvalue weighted by molar-refractivity contribution is 8.00. The Morgan fingerprint density at radius 2 is 1.40 bits per heavy atom. The van der Waals surface area contributed by atoms with Crippen LogP contribution in [0.4, 0.5) is 11.4 Å². The molecular formula is C35H32N2O4S2. The van der Waals surface area contributed by atoms with Crippen molar-refractivity contribution in [3.05, 3.63) is 143 Å². The highest BCUT2D eigenvalue weighted by atomic mass is 32.2. The summed E-state index contributed by atoms with van der Waals surface area (Å²) >= 11 is 1.56. The Labute approximate surface area is 259 Å². The predicted molar refractivity (Wildman–Crippen MR) is 175 cm³/mol. The van der Waals surface area contributed by atoms with E-state index in [4.69, 9.17) is 9.47 Å². The molecule has 0 radical (unpaired) electrons. The number of anilines is 2. The largest absolute Gasteiger partial charge is 0.465 e. The number of benzene rings is 5. The van der Waals surface area contributed by atoms with Crippen molar-refractivity contribution in [3.63, 3.8) is 0 Å². The molecule has 0 aliphatic carbocycles. The average Bonchev–Trinajstić information content (AvgIpc) is 3.02. The normalized spacial score (nSPS) is 11.4. The van der Waals surface area contributed by atoms with Crippen LogP contribution >= 0.6 is 11.9 Å². The highest BCUT2D eigenvalue weighted by Crippen LogP contribution is 2.33. The summed E-state index contributed by atoms with van der Waals surface area (Å²) in [4.78, 5) is 14.4. The zero-order valence-electron chi connectivity index (χ0n) is 24.1. The van der Waals surface area contributed by atoms with Gasteiger partial charge in [-0.2, -0.15) is 0 Å². The van der Waals surface area contributed by atoms with E-state index in [1.165, 1.54) is 18.2 Å². The Kier molecular flexibility index (Phi) is 9.81. The number of esters is 1. The molecule has 0 bridgehead atoms. The van der Waals surface area contributed by atoms with E-state index in [1.807, 2.05) is 55.5 Å². The lowest BCUT2D eigenvalue weighted by molar-refractivity contribution is 0.0601. The Balaban J connectivity index is 1.39. The molecule has 218 valence electrons. The molecule has 5 aromatic carbocycles. The smallest absolute Gasteiger partial charge is 0.340 e. The second kappa shape index (κ2) is 14.1. The first-order valence-electron chi connectivity index (χ1n) is 13.7. The molecule has 1 unspecified atom stereocenters. The van der Waals surface area contributed by atoms with Crippen LogP contribution in [0.25, 0.3) is 0 Å². The third-order valence-corrected chi connectivity index (χ3v) is 8.62.